The van der Waals surface area contributed by atoms with Gasteiger partial charge in [0.1, 0.15) is 0 Å². The summed E-state index contributed by atoms with van der Waals surface area (Å²) >= 11 is 0. The van der Waals surface area contributed by atoms with E-state index in [0.29, 0.717) is 44.5 Å². The van der Waals surface area contributed by atoms with Crippen molar-refractivity contribution in [3.63, 3.8) is 0 Å². The lowest BCUT2D eigenvalue weighted by atomic mass is 9.89. The molecular formula is C33H36F3N5O3. The van der Waals surface area contributed by atoms with Crippen molar-refractivity contribution in [2.24, 2.45) is 11.7 Å². The molecule has 8 nitrogen and oxygen atoms in total. The number of anilines is 1. The highest BCUT2D eigenvalue weighted by Gasteiger charge is 2.33. The molecule has 11 heteroatoms. The lowest BCUT2D eigenvalue weighted by molar-refractivity contribution is -0.137. The van der Waals surface area contributed by atoms with Crippen molar-refractivity contribution in [3.8, 4) is 11.1 Å². The maximum Gasteiger partial charge on any atom is 0.416 e. The van der Waals surface area contributed by atoms with E-state index in [1.807, 2.05) is 42.5 Å². The van der Waals surface area contributed by atoms with Crippen molar-refractivity contribution < 1.29 is 27.6 Å². The molecule has 0 aliphatic carbocycles. The smallest absolute Gasteiger partial charge is 0.370 e. The second-order valence-corrected chi connectivity index (χ2v) is 11.3. The maximum absolute atomic E-state index is 13.7. The zero-order chi connectivity index (χ0) is 31.4. The van der Waals surface area contributed by atoms with Crippen LogP contribution in [0, 0.1) is 5.92 Å². The van der Waals surface area contributed by atoms with E-state index in [0.717, 1.165) is 40.1 Å². The van der Waals surface area contributed by atoms with Crippen LogP contribution < -0.4 is 21.3 Å². The normalized spacial score (nSPS) is 17.1. The fourth-order valence-corrected chi connectivity index (χ4v) is 6.17. The van der Waals surface area contributed by atoms with Gasteiger partial charge < -0.3 is 26.2 Å². The van der Waals surface area contributed by atoms with Gasteiger partial charge in [-0.25, -0.2) is 4.79 Å². The molecule has 4 amide bonds. The van der Waals surface area contributed by atoms with Gasteiger partial charge in [-0.15, -0.1) is 0 Å². The first-order valence-electron chi connectivity index (χ1n) is 14.7. The topological polar surface area (TPSA) is 108 Å². The van der Waals surface area contributed by atoms with E-state index in [9.17, 15) is 27.6 Å². The molecule has 0 saturated carbocycles. The third-order valence-corrected chi connectivity index (χ3v) is 8.52. The first-order chi connectivity index (χ1) is 21.0. The summed E-state index contributed by atoms with van der Waals surface area (Å²) in [5, 5.41) is 5.80. The Balaban J connectivity index is 1.45. The third kappa shape index (κ3) is 6.82. The van der Waals surface area contributed by atoms with Crippen LogP contribution >= 0.6 is 0 Å². The average molecular weight is 608 g/mol. The standard InChI is InChI=1S/C33H36F3N5O3/c1-38-31(43)23-15-17-40(19-23)29-13-11-25(21-7-9-24(10-8-21)33(34,35)36)26-16-18-41(20-27(26)29)32(44)39-28(12-14-30(37)42)22-5-3-2-4-6-22/h2-11,13,23,28H,12,14-20H2,1H3,(H2,37,42)(H,38,43)(H,39,44)/t23-,28+/m1/s1. The van der Waals surface area contributed by atoms with Gasteiger partial charge in [-0.2, -0.15) is 13.2 Å². The van der Waals surface area contributed by atoms with Crippen LogP contribution in [0.2, 0.25) is 0 Å². The molecule has 2 atom stereocenters. The Labute approximate surface area is 254 Å². The fraction of sp³-hybridized carbons (Fsp3) is 0.364. The van der Waals surface area contributed by atoms with Gasteiger partial charge in [0.25, 0.3) is 0 Å². The number of amides is 4. The van der Waals surface area contributed by atoms with Crippen LogP contribution in [0.1, 0.15) is 47.6 Å². The molecule has 232 valence electrons. The van der Waals surface area contributed by atoms with Gasteiger partial charge in [-0.1, -0.05) is 48.5 Å². The van der Waals surface area contributed by atoms with Gasteiger partial charge in [0.2, 0.25) is 11.8 Å². The van der Waals surface area contributed by atoms with E-state index in [4.69, 9.17) is 5.73 Å². The van der Waals surface area contributed by atoms with Crippen molar-refractivity contribution >= 4 is 23.5 Å². The number of carbonyl (C=O) groups is 3. The van der Waals surface area contributed by atoms with Crippen LogP contribution in [0.3, 0.4) is 0 Å². The van der Waals surface area contributed by atoms with E-state index in [1.165, 1.54) is 12.1 Å². The van der Waals surface area contributed by atoms with E-state index in [2.05, 4.69) is 15.5 Å². The Morgan fingerprint density at radius 2 is 1.70 bits per heavy atom. The Morgan fingerprint density at radius 3 is 2.36 bits per heavy atom. The quantitative estimate of drug-likeness (QED) is 0.334. The maximum atomic E-state index is 13.7. The van der Waals surface area contributed by atoms with Crippen molar-refractivity contribution in [2.75, 3.05) is 31.6 Å². The number of alkyl halides is 3. The molecule has 0 spiro atoms. The predicted octanol–water partition coefficient (Wildman–Crippen LogP) is 5.02. The number of primary amides is 1. The molecule has 0 aromatic heterocycles. The number of halogens is 3. The summed E-state index contributed by atoms with van der Waals surface area (Å²) in [6.07, 6.45) is -2.77. The highest BCUT2D eigenvalue weighted by Crippen LogP contribution is 2.39. The molecule has 4 N–H and O–H groups in total. The van der Waals surface area contributed by atoms with Gasteiger partial charge in [-0.3, -0.25) is 9.59 Å². The van der Waals surface area contributed by atoms with Crippen molar-refractivity contribution in [1.29, 1.82) is 0 Å². The van der Waals surface area contributed by atoms with Crippen LogP contribution in [0.5, 0.6) is 0 Å². The van der Waals surface area contributed by atoms with Crippen molar-refractivity contribution in [3.05, 3.63) is 89.0 Å². The second-order valence-electron chi connectivity index (χ2n) is 11.3. The third-order valence-electron chi connectivity index (χ3n) is 8.52. The molecular weight excluding hydrogens is 571 g/mol. The lowest BCUT2D eigenvalue weighted by Gasteiger charge is -2.35. The summed E-state index contributed by atoms with van der Waals surface area (Å²) in [4.78, 5) is 41.4. The molecule has 0 bridgehead atoms. The van der Waals surface area contributed by atoms with E-state index in [1.54, 1.807) is 11.9 Å². The van der Waals surface area contributed by atoms with Crippen LogP contribution in [0.25, 0.3) is 11.1 Å². The fourth-order valence-electron chi connectivity index (χ4n) is 6.17. The number of urea groups is 1. The SMILES string of the molecule is CNC(=O)[C@@H]1CCN(c2ccc(-c3ccc(C(F)(F)F)cc3)c3c2CN(C(=O)N[C@@H](CCC(N)=O)c2ccccc2)CC3)C1. The van der Waals surface area contributed by atoms with Crippen molar-refractivity contribution in [2.45, 2.75) is 44.4 Å². The number of carbonyl (C=O) groups excluding carboxylic acids is 3. The monoisotopic (exact) mass is 607 g/mol. The van der Waals surface area contributed by atoms with Crippen LogP contribution in [-0.4, -0.2) is 49.4 Å². The molecule has 5 rings (SSSR count). The summed E-state index contributed by atoms with van der Waals surface area (Å²) in [5.74, 6) is -0.634. The number of hydrogen-bond acceptors (Lipinski definition) is 4. The molecule has 44 heavy (non-hydrogen) atoms. The number of nitrogens with zero attached hydrogens (tertiary/aromatic N) is 2. The van der Waals surface area contributed by atoms with Gasteiger partial charge in [0.15, 0.2) is 0 Å². The molecule has 2 aliphatic rings. The van der Waals surface area contributed by atoms with Gasteiger partial charge >= 0.3 is 12.2 Å². The van der Waals surface area contributed by atoms with Crippen LogP contribution in [0.4, 0.5) is 23.7 Å². The average Bonchev–Trinajstić information content (AvgIpc) is 3.52. The Morgan fingerprint density at radius 1 is 0.977 bits per heavy atom. The minimum absolute atomic E-state index is 0.0216. The first kappa shape index (κ1) is 30.9. The molecule has 0 radical (unpaired) electrons. The number of nitrogens with one attached hydrogen (secondary N) is 2. The zero-order valence-corrected chi connectivity index (χ0v) is 24.5. The number of benzene rings is 3. The largest absolute Gasteiger partial charge is 0.416 e. The molecule has 3 aromatic carbocycles. The highest BCUT2D eigenvalue weighted by atomic mass is 19.4. The number of hydrogen-bond donors (Lipinski definition) is 3. The second kappa shape index (κ2) is 13.0. The molecule has 1 fully saturated rings. The summed E-state index contributed by atoms with van der Waals surface area (Å²) in [6, 6.07) is 17.7. The number of nitrogens with two attached hydrogens (primary N) is 1. The Kier molecular flexibility index (Phi) is 9.12. The van der Waals surface area contributed by atoms with E-state index < -0.39 is 23.7 Å². The number of fused-ring (bicyclic) bond motifs is 1. The van der Waals surface area contributed by atoms with E-state index in [-0.39, 0.29) is 30.8 Å². The van der Waals surface area contributed by atoms with Crippen LogP contribution in [-0.2, 0) is 28.7 Å². The number of rotatable bonds is 8. The molecule has 3 aromatic rings. The Bertz CT molecular complexity index is 1510. The minimum atomic E-state index is -4.43. The Hall–Kier alpha value is -4.54. The van der Waals surface area contributed by atoms with Gasteiger partial charge in [-0.05, 0) is 65.3 Å². The summed E-state index contributed by atoms with van der Waals surface area (Å²) in [6.45, 7) is 1.87. The van der Waals surface area contributed by atoms with Gasteiger partial charge in [0, 0.05) is 45.3 Å². The van der Waals surface area contributed by atoms with E-state index >= 15 is 0 Å². The zero-order valence-electron chi connectivity index (χ0n) is 24.5. The molecule has 2 heterocycles. The van der Waals surface area contributed by atoms with Gasteiger partial charge in [0.05, 0.1) is 17.5 Å². The molecule has 0 unspecified atom stereocenters. The summed E-state index contributed by atoms with van der Waals surface area (Å²) in [5.41, 5.74) is 9.84. The first-order valence-corrected chi connectivity index (χ1v) is 14.7. The lowest BCUT2D eigenvalue weighted by Crippen LogP contribution is -2.44. The molecule has 1 saturated heterocycles. The van der Waals surface area contributed by atoms with Crippen molar-refractivity contribution in [1.82, 2.24) is 15.5 Å². The minimum Gasteiger partial charge on any atom is -0.370 e. The summed E-state index contributed by atoms with van der Waals surface area (Å²) in [7, 11) is 1.62. The molecule has 2 aliphatic heterocycles. The van der Waals surface area contributed by atoms with Crippen LogP contribution in [0.15, 0.2) is 66.7 Å². The summed E-state index contributed by atoms with van der Waals surface area (Å²) < 4.78 is 39.7. The highest BCUT2D eigenvalue weighted by molar-refractivity contribution is 5.81. The predicted molar refractivity (Wildman–Crippen MR) is 162 cm³/mol.